The summed E-state index contributed by atoms with van der Waals surface area (Å²) in [6.45, 7) is 1.54. The molecule has 0 spiro atoms. The van der Waals surface area contributed by atoms with E-state index in [-0.39, 0.29) is 17.2 Å². The lowest BCUT2D eigenvalue weighted by atomic mass is 9.82. The van der Waals surface area contributed by atoms with E-state index in [1.807, 2.05) is 0 Å². The molecule has 0 bridgehead atoms. The molecule has 31 heavy (non-hydrogen) atoms. The lowest BCUT2D eigenvalue weighted by Crippen LogP contribution is -2.56. The lowest BCUT2D eigenvalue weighted by molar-refractivity contribution is -0.168. The molecule has 0 radical (unpaired) electrons. The van der Waals surface area contributed by atoms with E-state index >= 15 is 0 Å². The molecule has 1 saturated heterocycles. The molecule has 0 aromatic heterocycles. The third kappa shape index (κ3) is 3.84. The van der Waals surface area contributed by atoms with Crippen LogP contribution in [-0.2, 0) is 9.59 Å². The average Bonchev–Trinajstić information content (AvgIpc) is 3.35. The zero-order valence-corrected chi connectivity index (χ0v) is 17.3. The van der Waals surface area contributed by atoms with Crippen LogP contribution in [0.2, 0.25) is 0 Å². The zero-order chi connectivity index (χ0) is 22.3. The van der Waals surface area contributed by atoms with Crippen LogP contribution in [0.4, 0.5) is 18.9 Å². The molecular formula is C21H25F3N4O3. The highest BCUT2D eigenvalue weighted by atomic mass is 19.4. The molecule has 2 aliphatic heterocycles. The molecule has 1 aromatic rings. The van der Waals surface area contributed by atoms with Crippen LogP contribution in [0.25, 0.3) is 0 Å². The number of hydrogen-bond acceptors (Lipinski definition) is 5. The van der Waals surface area contributed by atoms with Crippen molar-refractivity contribution in [1.29, 1.82) is 0 Å². The summed E-state index contributed by atoms with van der Waals surface area (Å²) in [5.74, 6) is -2.05. The molecular weight excluding hydrogens is 413 g/mol. The summed E-state index contributed by atoms with van der Waals surface area (Å²) in [6, 6.07) is 4.83. The Kier molecular flexibility index (Phi) is 5.59. The van der Waals surface area contributed by atoms with Crippen LogP contribution < -0.4 is 20.8 Å². The highest BCUT2D eigenvalue weighted by Gasteiger charge is 2.59. The van der Waals surface area contributed by atoms with Crippen LogP contribution in [0.3, 0.4) is 0 Å². The fourth-order valence-corrected chi connectivity index (χ4v) is 4.96. The number of halogens is 3. The van der Waals surface area contributed by atoms with E-state index in [1.54, 1.807) is 31.2 Å². The first-order chi connectivity index (χ1) is 14.7. The van der Waals surface area contributed by atoms with E-state index in [1.165, 1.54) is 7.11 Å². The van der Waals surface area contributed by atoms with Gasteiger partial charge in [-0.15, -0.1) is 0 Å². The maximum atomic E-state index is 13.8. The largest absolute Gasteiger partial charge is 0.495 e. The first-order valence-electron chi connectivity index (χ1n) is 10.3. The number of nitrogens with zero attached hydrogens (tertiary/aromatic N) is 1. The number of anilines is 1. The molecule has 3 aliphatic rings. The number of allylic oxidation sites excluding steroid dienone is 1. The molecule has 3 atom stereocenters. The maximum absolute atomic E-state index is 13.8. The monoisotopic (exact) mass is 438 g/mol. The van der Waals surface area contributed by atoms with Crippen LogP contribution >= 0.6 is 0 Å². The van der Waals surface area contributed by atoms with Gasteiger partial charge in [0.05, 0.1) is 12.8 Å². The molecule has 1 aliphatic carbocycles. The number of fused-ring (bicyclic) bond motifs is 1. The van der Waals surface area contributed by atoms with E-state index in [2.05, 4.69) is 16.1 Å². The van der Waals surface area contributed by atoms with Gasteiger partial charge in [0.2, 0.25) is 0 Å². The fraction of sp³-hybridized carbons (Fsp3) is 0.524. The molecule has 2 fully saturated rings. The fourth-order valence-electron chi connectivity index (χ4n) is 4.96. The number of amides is 2. The standard InChI is InChI=1S/C21H25F3N4O3/c1-11-15(19(29)26-13-9-5-6-10-14(13)31-2)20(30)28-18(25-11)16(12-7-3-4-8-12)17(27-28)21(22,23)24/h5-6,9-10,12,16-18,25,27H,3-4,7-8H2,1-2H3,(H,26,29). The molecule has 2 heterocycles. The molecule has 1 saturated carbocycles. The van der Waals surface area contributed by atoms with E-state index in [4.69, 9.17) is 4.74 Å². The van der Waals surface area contributed by atoms with Gasteiger partial charge in [0.15, 0.2) is 0 Å². The second-order valence-electron chi connectivity index (χ2n) is 8.19. The Morgan fingerprint density at radius 3 is 2.55 bits per heavy atom. The average molecular weight is 438 g/mol. The van der Waals surface area contributed by atoms with Crippen molar-refractivity contribution in [2.24, 2.45) is 11.8 Å². The van der Waals surface area contributed by atoms with Crippen molar-refractivity contribution in [3.8, 4) is 5.75 Å². The van der Waals surface area contributed by atoms with Crippen molar-refractivity contribution in [2.45, 2.75) is 51.0 Å². The minimum Gasteiger partial charge on any atom is -0.495 e. The number of alkyl halides is 3. The van der Waals surface area contributed by atoms with E-state index in [0.717, 1.165) is 17.9 Å². The molecule has 168 valence electrons. The summed E-state index contributed by atoms with van der Waals surface area (Å²) in [5, 5.41) is 6.58. The molecule has 1 aromatic carbocycles. The third-order valence-electron chi connectivity index (χ3n) is 6.36. The normalized spacial score (nSPS) is 26.7. The molecule has 3 unspecified atom stereocenters. The number of carbonyl (C=O) groups is 2. The summed E-state index contributed by atoms with van der Waals surface area (Å²) in [7, 11) is 1.45. The molecule has 2 amide bonds. The lowest BCUT2D eigenvalue weighted by Gasteiger charge is -2.36. The number of rotatable bonds is 4. The first-order valence-corrected chi connectivity index (χ1v) is 10.3. The Morgan fingerprint density at radius 2 is 1.90 bits per heavy atom. The second kappa shape index (κ2) is 8.07. The van der Waals surface area contributed by atoms with Crippen molar-refractivity contribution in [3.05, 3.63) is 35.5 Å². The van der Waals surface area contributed by atoms with Gasteiger partial charge >= 0.3 is 6.18 Å². The number of carbonyl (C=O) groups excluding carboxylic acids is 2. The Balaban J connectivity index is 1.62. The summed E-state index contributed by atoms with van der Waals surface area (Å²) >= 11 is 0. The predicted octanol–water partition coefficient (Wildman–Crippen LogP) is 2.92. The van der Waals surface area contributed by atoms with Gasteiger partial charge in [-0.25, -0.2) is 5.43 Å². The first kappa shape index (κ1) is 21.5. The minimum atomic E-state index is -4.51. The second-order valence-corrected chi connectivity index (χ2v) is 8.19. The van der Waals surface area contributed by atoms with Gasteiger partial charge in [-0.1, -0.05) is 25.0 Å². The van der Waals surface area contributed by atoms with Gasteiger partial charge < -0.3 is 15.4 Å². The van der Waals surface area contributed by atoms with Gasteiger partial charge in [0.1, 0.15) is 23.5 Å². The SMILES string of the molecule is COc1ccccc1NC(=O)C1=C(C)NC2C(C3CCCC3)C(C(F)(F)F)NN2C1=O. The maximum Gasteiger partial charge on any atom is 0.406 e. The van der Waals surface area contributed by atoms with Crippen LogP contribution in [0.15, 0.2) is 35.5 Å². The van der Waals surface area contributed by atoms with Crippen LogP contribution in [0, 0.1) is 11.8 Å². The van der Waals surface area contributed by atoms with Crippen molar-refractivity contribution < 1.29 is 27.5 Å². The summed E-state index contributed by atoms with van der Waals surface area (Å²) in [6.07, 6.45) is -2.21. The number of nitrogens with one attached hydrogen (secondary N) is 3. The minimum absolute atomic E-state index is 0.147. The molecule has 4 rings (SSSR count). The van der Waals surface area contributed by atoms with Gasteiger partial charge in [-0.2, -0.15) is 13.2 Å². The van der Waals surface area contributed by atoms with Crippen molar-refractivity contribution in [2.75, 3.05) is 12.4 Å². The van der Waals surface area contributed by atoms with E-state index < -0.39 is 36.1 Å². The Morgan fingerprint density at radius 1 is 1.23 bits per heavy atom. The number of hydrogen-bond donors (Lipinski definition) is 3. The number of benzene rings is 1. The molecule has 7 nitrogen and oxygen atoms in total. The number of ether oxygens (including phenoxy) is 1. The highest BCUT2D eigenvalue weighted by Crippen LogP contribution is 2.44. The summed E-state index contributed by atoms with van der Waals surface area (Å²) < 4.78 is 46.7. The Labute approximate surface area is 178 Å². The van der Waals surface area contributed by atoms with Crippen molar-refractivity contribution in [3.63, 3.8) is 0 Å². The van der Waals surface area contributed by atoms with Crippen molar-refractivity contribution >= 4 is 17.5 Å². The Hall–Kier alpha value is -2.75. The van der Waals surface area contributed by atoms with Gasteiger partial charge in [0.25, 0.3) is 11.8 Å². The van der Waals surface area contributed by atoms with Crippen LogP contribution in [0.1, 0.15) is 32.6 Å². The van der Waals surface area contributed by atoms with Gasteiger partial charge in [-0.3, -0.25) is 14.6 Å². The smallest absolute Gasteiger partial charge is 0.406 e. The number of methoxy groups -OCH3 is 1. The van der Waals surface area contributed by atoms with Crippen LogP contribution in [-0.4, -0.2) is 42.3 Å². The molecule has 3 N–H and O–H groups in total. The third-order valence-corrected chi connectivity index (χ3v) is 6.36. The molecule has 10 heteroatoms. The van der Waals surface area contributed by atoms with Crippen molar-refractivity contribution in [1.82, 2.24) is 15.8 Å². The van der Waals surface area contributed by atoms with E-state index in [0.29, 0.717) is 24.3 Å². The Bertz CT molecular complexity index is 911. The number of hydrazine groups is 1. The predicted molar refractivity (Wildman–Crippen MR) is 107 cm³/mol. The van der Waals surface area contributed by atoms with Gasteiger partial charge in [0, 0.05) is 11.6 Å². The number of para-hydroxylation sites is 2. The topological polar surface area (TPSA) is 82.7 Å². The summed E-state index contributed by atoms with van der Waals surface area (Å²) in [4.78, 5) is 26.0. The van der Waals surface area contributed by atoms with E-state index in [9.17, 15) is 22.8 Å². The van der Waals surface area contributed by atoms with Gasteiger partial charge in [-0.05, 0) is 37.8 Å². The zero-order valence-electron chi connectivity index (χ0n) is 17.3. The quantitative estimate of drug-likeness (QED) is 0.630. The highest BCUT2D eigenvalue weighted by molar-refractivity contribution is 6.23. The summed E-state index contributed by atoms with van der Waals surface area (Å²) in [5.41, 5.74) is 2.74. The van der Waals surface area contributed by atoms with Crippen LogP contribution in [0.5, 0.6) is 5.75 Å².